The number of rotatable bonds is 15. The van der Waals surface area contributed by atoms with E-state index in [2.05, 4.69) is 21.3 Å². The number of amides is 4. The summed E-state index contributed by atoms with van der Waals surface area (Å²) >= 11 is 0. The predicted molar refractivity (Wildman–Crippen MR) is 138 cm³/mol. The Kier molecular flexibility index (Phi) is 14.0. The molecule has 7 N–H and O–H groups in total. The maximum atomic E-state index is 12.8. The highest BCUT2D eigenvalue weighted by Gasteiger charge is 2.33. The van der Waals surface area contributed by atoms with Crippen LogP contribution in [-0.4, -0.2) is 70.7 Å². The van der Waals surface area contributed by atoms with Gasteiger partial charge in [0.2, 0.25) is 23.5 Å². The molecule has 0 saturated carbocycles. The van der Waals surface area contributed by atoms with Gasteiger partial charge in [-0.25, -0.2) is 4.79 Å². The van der Waals surface area contributed by atoms with Gasteiger partial charge in [-0.15, -0.1) is 0 Å². The van der Waals surface area contributed by atoms with Crippen LogP contribution < -0.4 is 27.0 Å². The summed E-state index contributed by atoms with van der Waals surface area (Å²) in [7, 11) is 0. The third kappa shape index (κ3) is 11.3. The van der Waals surface area contributed by atoms with Gasteiger partial charge in [0.25, 0.3) is 5.91 Å². The highest BCUT2D eigenvalue weighted by molar-refractivity contribution is 6.38. The number of nitrogens with two attached hydrogens (primary N) is 1. The van der Waals surface area contributed by atoms with E-state index in [1.54, 1.807) is 55.4 Å². The zero-order valence-electron chi connectivity index (χ0n) is 23.4. The van der Waals surface area contributed by atoms with Crippen molar-refractivity contribution in [2.24, 2.45) is 29.4 Å². The van der Waals surface area contributed by atoms with Gasteiger partial charge in [0.15, 0.2) is 0 Å². The first-order valence-corrected chi connectivity index (χ1v) is 12.6. The first kappa shape index (κ1) is 34.0. The number of nitrogens with one attached hydrogen (secondary N) is 4. The number of hydrogen-bond donors (Lipinski definition) is 6. The standard InChI is InChI=1S/C25H45N5O7/c1-11(2)10-16(21(32)30-19(14(7)8)25(36)37)28-24(35)20(31)15(9)27-23(34)18(13(5)6)29-22(33)17(26)12(3)4/h11-19H,10,26H2,1-9H3,(H,27,34)(H,28,35)(H,29,33)(H,30,32)(H,36,37)/t15?,16-,17+,18+,19+/m1/s1. The van der Waals surface area contributed by atoms with Crippen LogP contribution in [-0.2, 0) is 28.8 Å². The number of ketones is 1. The largest absolute Gasteiger partial charge is 0.480 e. The molecule has 212 valence electrons. The van der Waals surface area contributed by atoms with Crippen molar-refractivity contribution in [3.63, 3.8) is 0 Å². The van der Waals surface area contributed by atoms with Crippen molar-refractivity contribution in [3.05, 3.63) is 0 Å². The Labute approximate surface area is 219 Å². The molecule has 0 aliphatic carbocycles. The number of carboxylic acids is 1. The fraction of sp³-hybridized carbons (Fsp3) is 0.760. The fourth-order valence-corrected chi connectivity index (χ4v) is 3.35. The van der Waals surface area contributed by atoms with Crippen molar-refractivity contribution in [1.29, 1.82) is 0 Å². The summed E-state index contributed by atoms with van der Waals surface area (Å²) in [5, 5.41) is 19.1. The van der Waals surface area contributed by atoms with Gasteiger partial charge < -0.3 is 32.1 Å². The molecule has 0 aliphatic rings. The summed E-state index contributed by atoms with van der Waals surface area (Å²) in [6.45, 7) is 15.1. The third-order valence-corrected chi connectivity index (χ3v) is 5.80. The molecule has 0 radical (unpaired) electrons. The van der Waals surface area contributed by atoms with Gasteiger partial charge >= 0.3 is 5.97 Å². The lowest BCUT2D eigenvalue weighted by atomic mass is 9.99. The Morgan fingerprint density at radius 1 is 0.649 bits per heavy atom. The molecular weight excluding hydrogens is 482 g/mol. The summed E-state index contributed by atoms with van der Waals surface area (Å²) in [6, 6.07) is -5.38. The van der Waals surface area contributed by atoms with E-state index in [4.69, 9.17) is 5.73 Å². The van der Waals surface area contributed by atoms with Crippen LogP contribution in [0.15, 0.2) is 0 Å². The highest BCUT2D eigenvalue weighted by atomic mass is 16.4. The molecule has 0 spiro atoms. The van der Waals surface area contributed by atoms with Crippen molar-refractivity contribution in [2.75, 3.05) is 0 Å². The second-order valence-corrected chi connectivity index (χ2v) is 10.8. The Bertz CT molecular complexity index is 841. The van der Waals surface area contributed by atoms with Gasteiger partial charge in [0.1, 0.15) is 18.1 Å². The zero-order valence-corrected chi connectivity index (χ0v) is 23.4. The minimum absolute atomic E-state index is 0.0572. The third-order valence-electron chi connectivity index (χ3n) is 5.80. The van der Waals surface area contributed by atoms with Crippen molar-refractivity contribution < 1.29 is 33.9 Å². The molecule has 0 heterocycles. The molecule has 4 amide bonds. The molecule has 0 bridgehead atoms. The number of carbonyl (C=O) groups is 6. The van der Waals surface area contributed by atoms with E-state index in [1.807, 2.05) is 0 Å². The molecule has 0 aromatic rings. The summed E-state index contributed by atoms with van der Waals surface area (Å²) < 4.78 is 0. The second kappa shape index (κ2) is 15.3. The van der Waals surface area contributed by atoms with Gasteiger partial charge in [-0.3, -0.25) is 24.0 Å². The van der Waals surface area contributed by atoms with Crippen LogP contribution in [0.2, 0.25) is 0 Å². The molecule has 0 rings (SSSR count). The first-order chi connectivity index (χ1) is 16.9. The van der Waals surface area contributed by atoms with Gasteiger partial charge in [-0.1, -0.05) is 55.4 Å². The molecule has 0 aliphatic heterocycles. The zero-order chi connectivity index (χ0) is 29.2. The number of aliphatic carboxylic acids is 1. The minimum Gasteiger partial charge on any atom is -0.480 e. The van der Waals surface area contributed by atoms with E-state index in [0.29, 0.717) is 0 Å². The second-order valence-electron chi connectivity index (χ2n) is 10.8. The molecule has 12 heteroatoms. The Morgan fingerprint density at radius 3 is 1.54 bits per heavy atom. The lowest BCUT2D eigenvalue weighted by Crippen LogP contribution is -2.58. The summed E-state index contributed by atoms with van der Waals surface area (Å²) in [6.07, 6.45) is 0.160. The molecule has 0 fully saturated rings. The quantitative estimate of drug-likeness (QED) is 0.159. The SMILES string of the molecule is CC(C)C[C@@H](NC(=O)C(=O)C(C)NC(=O)[C@@H](NC(=O)[C@@H](N)C(C)C)C(C)C)C(=O)N[C@H](C(=O)O)C(C)C. The van der Waals surface area contributed by atoms with Crippen molar-refractivity contribution >= 4 is 35.4 Å². The lowest BCUT2D eigenvalue weighted by molar-refractivity contribution is -0.144. The summed E-state index contributed by atoms with van der Waals surface area (Å²) in [5.41, 5.74) is 5.85. The highest BCUT2D eigenvalue weighted by Crippen LogP contribution is 2.09. The predicted octanol–water partition coefficient (Wildman–Crippen LogP) is -0.0594. The summed E-state index contributed by atoms with van der Waals surface area (Å²) in [4.78, 5) is 74.7. The van der Waals surface area contributed by atoms with Crippen LogP contribution >= 0.6 is 0 Å². The van der Waals surface area contributed by atoms with E-state index >= 15 is 0 Å². The first-order valence-electron chi connectivity index (χ1n) is 12.6. The average molecular weight is 528 g/mol. The molecular formula is C25H45N5O7. The van der Waals surface area contributed by atoms with Crippen LogP contribution in [0.25, 0.3) is 0 Å². The van der Waals surface area contributed by atoms with Crippen LogP contribution in [0.3, 0.4) is 0 Å². The van der Waals surface area contributed by atoms with E-state index in [1.165, 1.54) is 6.92 Å². The van der Waals surface area contributed by atoms with Gasteiger partial charge in [-0.2, -0.15) is 0 Å². The molecule has 12 nitrogen and oxygen atoms in total. The topological polar surface area (TPSA) is 197 Å². The van der Waals surface area contributed by atoms with Crippen LogP contribution in [0, 0.1) is 23.7 Å². The molecule has 0 aromatic carbocycles. The Morgan fingerprint density at radius 2 is 1.14 bits per heavy atom. The smallest absolute Gasteiger partial charge is 0.326 e. The fourth-order valence-electron chi connectivity index (χ4n) is 3.35. The lowest BCUT2D eigenvalue weighted by Gasteiger charge is -2.26. The van der Waals surface area contributed by atoms with Gasteiger partial charge in [0, 0.05) is 0 Å². The normalized spacial score (nSPS) is 15.5. The van der Waals surface area contributed by atoms with Crippen LogP contribution in [0.5, 0.6) is 0 Å². The van der Waals surface area contributed by atoms with E-state index in [-0.39, 0.29) is 24.2 Å². The Hall–Kier alpha value is -3.02. The van der Waals surface area contributed by atoms with Gasteiger partial charge in [0.05, 0.1) is 12.1 Å². The number of hydrogen-bond acceptors (Lipinski definition) is 7. The number of carbonyl (C=O) groups excluding carboxylic acids is 5. The van der Waals surface area contributed by atoms with Crippen molar-refractivity contribution in [2.45, 2.75) is 98.9 Å². The molecule has 1 unspecified atom stereocenters. The minimum atomic E-state index is -1.25. The molecule has 5 atom stereocenters. The maximum Gasteiger partial charge on any atom is 0.326 e. The molecule has 0 aromatic heterocycles. The van der Waals surface area contributed by atoms with Crippen LogP contribution in [0.1, 0.15) is 68.7 Å². The maximum absolute atomic E-state index is 12.8. The van der Waals surface area contributed by atoms with Crippen molar-refractivity contribution in [1.82, 2.24) is 21.3 Å². The average Bonchev–Trinajstić information content (AvgIpc) is 2.77. The molecule has 0 saturated heterocycles. The van der Waals surface area contributed by atoms with Gasteiger partial charge in [-0.05, 0) is 37.0 Å². The van der Waals surface area contributed by atoms with E-state index in [9.17, 15) is 33.9 Å². The Balaban J connectivity index is 5.42. The number of carboxylic acid groups (broad SMARTS) is 1. The summed E-state index contributed by atoms with van der Waals surface area (Å²) in [5.74, 6) is -6.16. The monoisotopic (exact) mass is 527 g/mol. The van der Waals surface area contributed by atoms with Crippen molar-refractivity contribution in [3.8, 4) is 0 Å². The molecule has 37 heavy (non-hydrogen) atoms. The number of Topliss-reactive ketones (excluding diaryl/α,β-unsaturated/α-hetero) is 1. The van der Waals surface area contributed by atoms with E-state index in [0.717, 1.165) is 0 Å². The van der Waals surface area contributed by atoms with Crippen LogP contribution in [0.4, 0.5) is 0 Å². The van der Waals surface area contributed by atoms with E-state index < -0.39 is 71.5 Å².